The van der Waals surface area contributed by atoms with E-state index in [1.165, 1.54) is 25.3 Å². The number of nitrogens with zero attached hydrogens (tertiary/aromatic N) is 1. The van der Waals surface area contributed by atoms with Crippen molar-refractivity contribution in [2.24, 2.45) is 5.92 Å². The quantitative estimate of drug-likeness (QED) is 0.693. The zero-order valence-corrected chi connectivity index (χ0v) is 14.5. The molecule has 8 heteroatoms. The van der Waals surface area contributed by atoms with Crippen LogP contribution in [0.3, 0.4) is 0 Å². The van der Waals surface area contributed by atoms with Crippen LogP contribution in [0.25, 0.3) is 11.3 Å². The third-order valence-electron chi connectivity index (χ3n) is 4.42. The Hall–Kier alpha value is -2.61. The molecule has 7 nitrogen and oxygen atoms in total. The summed E-state index contributed by atoms with van der Waals surface area (Å²) in [5.41, 5.74) is 0.298. The Kier molecular flexibility index (Phi) is 5.72. The molecule has 0 spiro atoms. The van der Waals surface area contributed by atoms with Crippen LogP contribution < -0.4 is 10.1 Å². The van der Waals surface area contributed by atoms with Gasteiger partial charge in [0.05, 0.1) is 7.11 Å². The number of methoxy groups -OCH3 is 1. The van der Waals surface area contributed by atoms with Crippen molar-refractivity contribution in [1.29, 1.82) is 0 Å². The van der Waals surface area contributed by atoms with E-state index in [4.69, 9.17) is 14.0 Å². The zero-order chi connectivity index (χ0) is 18.5. The number of hydrogen-bond donors (Lipinski definition) is 2. The van der Waals surface area contributed by atoms with Gasteiger partial charge in [0.15, 0.2) is 28.7 Å². The van der Waals surface area contributed by atoms with Gasteiger partial charge >= 0.3 is 5.97 Å². The summed E-state index contributed by atoms with van der Waals surface area (Å²) in [6.07, 6.45) is 2.95. The lowest BCUT2D eigenvalue weighted by Gasteiger charge is -2.08. The van der Waals surface area contributed by atoms with Crippen LogP contribution in [0.5, 0.6) is 5.75 Å². The molecule has 2 N–H and O–H groups in total. The molecule has 0 saturated carbocycles. The highest BCUT2D eigenvalue weighted by atomic mass is 19.1. The third-order valence-corrected chi connectivity index (χ3v) is 4.42. The van der Waals surface area contributed by atoms with Crippen molar-refractivity contribution < 1.29 is 28.3 Å². The molecule has 0 amide bonds. The lowest BCUT2D eigenvalue weighted by molar-refractivity contribution is 0.0698. The Morgan fingerprint density at radius 1 is 1.50 bits per heavy atom. The maximum absolute atomic E-state index is 13.6. The van der Waals surface area contributed by atoms with E-state index in [0.717, 1.165) is 32.5 Å². The average Bonchev–Trinajstić information content (AvgIpc) is 3.29. The minimum atomic E-state index is -1.17. The van der Waals surface area contributed by atoms with Gasteiger partial charge in [0, 0.05) is 25.3 Å². The minimum absolute atomic E-state index is 0.00327. The number of carboxylic acid groups (broad SMARTS) is 1. The van der Waals surface area contributed by atoms with Crippen LogP contribution in [0.4, 0.5) is 10.2 Å². The number of nitrogens with one attached hydrogen (secondary N) is 1. The lowest BCUT2D eigenvalue weighted by atomic mass is 10.0. The standard InChI is InChI=1S/C18H21FN2O5/c1-24-14-9-12(4-5-13(14)19)16-15(18(22)23)17(21-26-16)20-7-2-3-11-6-8-25-10-11/h4-5,9,11H,2-3,6-8,10H2,1H3,(H,20,21)(H,22,23). The fourth-order valence-corrected chi connectivity index (χ4v) is 3.02. The predicted molar refractivity (Wildman–Crippen MR) is 92.1 cm³/mol. The molecular formula is C18H21FN2O5. The number of aromatic nitrogens is 1. The van der Waals surface area contributed by atoms with Crippen LogP contribution in [0, 0.1) is 11.7 Å². The van der Waals surface area contributed by atoms with Crippen LogP contribution >= 0.6 is 0 Å². The summed E-state index contributed by atoms with van der Waals surface area (Å²) in [5, 5.41) is 16.4. The van der Waals surface area contributed by atoms with E-state index in [2.05, 4.69) is 10.5 Å². The second-order valence-electron chi connectivity index (χ2n) is 6.19. The Bertz CT molecular complexity index is 771. The number of benzene rings is 1. The topological polar surface area (TPSA) is 93.8 Å². The number of anilines is 1. The van der Waals surface area contributed by atoms with Crippen LogP contribution in [0.2, 0.25) is 0 Å². The van der Waals surface area contributed by atoms with E-state index in [1.807, 2.05) is 0 Å². The molecule has 140 valence electrons. The lowest BCUT2D eigenvalue weighted by Crippen LogP contribution is -2.09. The molecule has 3 rings (SSSR count). The van der Waals surface area contributed by atoms with Crippen LogP contribution in [-0.4, -0.2) is 43.1 Å². The summed E-state index contributed by atoms with van der Waals surface area (Å²) in [7, 11) is 1.34. The largest absolute Gasteiger partial charge is 0.494 e. The maximum Gasteiger partial charge on any atom is 0.343 e. The third kappa shape index (κ3) is 3.96. The first-order chi connectivity index (χ1) is 12.6. The van der Waals surface area contributed by atoms with Crippen LogP contribution in [0.15, 0.2) is 22.7 Å². The molecule has 1 aromatic carbocycles. The number of carbonyl (C=O) groups is 1. The number of halogens is 1. The summed E-state index contributed by atoms with van der Waals surface area (Å²) in [6, 6.07) is 4.00. The second-order valence-corrected chi connectivity index (χ2v) is 6.19. The van der Waals surface area contributed by atoms with E-state index in [-0.39, 0.29) is 22.9 Å². The van der Waals surface area contributed by atoms with Gasteiger partial charge in [-0.1, -0.05) is 5.16 Å². The predicted octanol–water partition coefficient (Wildman–Crippen LogP) is 3.42. The molecule has 2 heterocycles. The molecule has 1 aliphatic rings. The van der Waals surface area contributed by atoms with E-state index in [9.17, 15) is 14.3 Å². The highest BCUT2D eigenvalue weighted by Crippen LogP contribution is 2.32. The van der Waals surface area contributed by atoms with Gasteiger partial charge in [-0.3, -0.25) is 0 Å². The number of ether oxygens (including phenoxy) is 2. The van der Waals surface area contributed by atoms with Gasteiger partial charge in [0.2, 0.25) is 0 Å². The van der Waals surface area contributed by atoms with E-state index >= 15 is 0 Å². The first-order valence-corrected chi connectivity index (χ1v) is 8.48. The monoisotopic (exact) mass is 364 g/mol. The van der Waals surface area contributed by atoms with Crippen molar-refractivity contribution in [3.05, 3.63) is 29.6 Å². The van der Waals surface area contributed by atoms with Crippen LogP contribution in [-0.2, 0) is 4.74 Å². The Morgan fingerprint density at radius 2 is 2.35 bits per heavy atom. The first-order valence-electron chi connectivity index (χ1n) is 8.48. The molecule has 0 radical (unpaired) electrons. The van der Waals surface area contributed by atoms with Gasteiger partial charge < -0.3 is 24.4 Å². The summed E-state index contributed by atoms with van der Waals surface area (Å²) >= 11 is 0. The second kappa shape index (κ2) is 8.18. The Balaban J connectivity index is 1.72. The number of hydrogen-bond acceptors (Lipinski definition) is 6. The highest BCUT2D eigenvalue weighted by molar-refractivity contribution is 5.99. The molecule has 0 bridgehead atoms. The maximum atomic E-state index is 13.6. The van der Waals surface area contributed by atoms with Crippen molar-refractivity contribution in [3.63, 3.8) is 0 Å². The molecule has 1 fully saturated rings. The minimum Gasteiger partial charge on any atom is -0.494 e. The molecule has 2 aromatic rings. The molecule has 26 heavy (non-hydrogen) atoms. The first kappa shape index (κ1) is 18.2. The molecule has 1 unspecified atom stereocenters. The van der Waals surface area contributed by atoms with Gasteiger partial charge in [-0.2, -0.15) is 0 Å². The summed E-state index contributed by atoms with van der Waals surface area (Å²) in [5.74, 6) is -0.919. The van der Waals surface area contributed by atoms with Gasteiger partial charge in [0.25, 0.3) is 0 Å². The normalized spacial score (nSPS) is 16.6. The zero-order valence-electron chi connectivity index (χ0n) is 14.5. The van der Waals surface area contributed by atoms with Gasteiger partial charge in [0.1, 0.15) is 0 Å². The Morgan fingerprint density at radius 3 is 3.04 bits per heavy atom. The Labute approximate surface area is 150 Å². The molecule has 1 saturated heterocycles. The number of carboxylic acids is 1. The summed E-state index contributed by atoms with van der Waals surface area (Å²) < 4.78 is 29.1. The number of aromatic carboxylic acids is 1. The van der Waals surface area contributed by atoms with Crippen molar-refractivity contribution in [1.82, 2.24) is 5.16 Å². The highest BCUT2D eigenvalue weighted by Gasteiger charge is 2.24. The molecule has 1 aliphatic heterocycles. The molecule has 0 aliphatic carbocycles. The fourth-order valence-electron chi connectivity index (χ4n) is 3.02. The van der Waals surface area contributed by atoms with Crippen molar-refractivity contribution in [2.45, 2.75) is 19.3 Å². The molecular weight excluding hydrogens is 343 g/mol. The summed E-state index contributed by atoms with van der Waals surface area (Å²) in [6.45, 7) is 2.19. The molecule has 1 aromatic heterocycles. The van der Waals surface area contributed by atoms with Gasteiger partial charge in [-0.15, -0.1) is 0 Å². The van der Waals surface area contributed by atoms with E-state index in [0.29, 0.717) is 18.0 Å². The van der Waals surface area contributed by atoms with Crippen LogP contribution in [0.1, 0.15) is 29.6 Å². The fraction of sp³-hybridized carbons (Fsp3) is 0.444. The van der Waals surface area contributed by atoms with E-state index < -0.39 is 11.8 Å². The summed E-state index contributed by atoms with van der Waals surface area (Å²) in [4.78, 5) is 11.7. The van der Waals surface area contributed by atoms with Crippen molar-refractivity contribution in [3.8, 4) is 17.1 Å². The average molecular weight is 364 g/mol. The van der Waals surface area contributed by atoms with Crippen molar-refractivity contribution in [2.75, 3.05) is 32.2 Å². The number of rotatable bonds is 8. The van der Waals surface area contributed by atoms with Gasteiger partial charge in [-0.25, -0.2) is 9.18 Å². The van der Waals surface area contributed by atoms with E-state index in [1.54, 1.807) is 0 Å². The SMILES string of the molecule is COc1cc(-c2onc(NCCCC3CCOC3)c2C(=O)O)ccc1F. The van der Waals surface area contributed by atoms with Gasteiger partial charge in [-0.05, 0) is 43.4 Å². The van der Waals surface area contributed by atoms with Crippen molar-refractivity contribution >= 4 is 11.8 Å². The smallest absolute Gasteiger partial charge is 0.343 e. The molecule has 1 atom stereocenters.